The van der Waals surface area contributed by atoms with Gasteiger partial charge in [0.1, 0.15) is 35.4 Å². The molecule has 10 heteroatoms. The average molecular weight is 979 g/mol. The van der Waals surface area contributed by atoms with Crippen LogP contribution >= 0.6 is 45.3 Å². The largest absolute Gasteiger partial charge is 0.311 e. The Morgan fingerprint density at radius 3 is 0.944 bits per heavy atom. The van der Waals surface area contributed by atoms with Gasteiger partial charge in [0.25, 0.3) is 0 Å². The Labute approximate surface area is 426 Å². The number of fused-ring (bicyclic) bond motifs is 10. The molecule has 71 heavy (non-hydrogen) atoms. The molecule has 4 aromatic heterocycles. The van der Waals surface area contributed by atoms with Crippen molar-refractivity contribution >= 4 is 91.6 Å². The van der Waals surface area contributed by atoms with E-state index in [1.807, 2.05) is 24.3 Å². The zero-order valence-electron chi connectivity index (χ0n) is 37.4. The number of allylic oxidation sites excluding steroid dienone is 2. The smallest absolute Gasteiger partial charge is 0.131 e. The third-order valence-corrected chi connectivity index (χ3v) is 17.8. The van der Waals surface area contributed by atoms with E-state index in [0.29, 0.717) is 0 Å². The lowest BCUT2D eigenvalue weighted by Crippen LogP contribution is -2.24. The quantitative estimate of drug-likeness (QED) is 0.127. The second-order valence-electron chi connectivity index (χ2n) is 16.9. The van der Waals surface area contributed by atoms with Crippen LogP contribution in [-0.2, 0) is 5.41 Å². The van der Waals surface area contributed by atoms with Gasteiger partial charge in [-0.1, -0.05) is 97.1 Å². The van der Waals surface area contributed by atoms with E-state index >= 15 is 0 Å². The summed E-state index contributed by atoms with van der Waals surface area (Å²) in [4.78, 5) is 12.9. The molecule has 0 unspecified atom stereocenters. The molecule has 6 nitrogen and oxygen atoms in total. The molecule has 6 aromatic carbocycles. The Balaban J connectivity index is 1.02. The lowest BCUT2D eigenvalue weighted by molar-refractivity contribution is 0.802. The molecule has 0 saturated carbocycles. The van der Waals surface area contributed by atoms with Crippen LogP contribution in [0.15, 0.2) is 205 Å². The van der Waals surface area contributed by atoms with Gasteiger partial charge in [-0.25, -0.2) is 0 Å². The molecule has 0 radical (unpaired) electrons. The Hall–Kier alpha value is -8.84. The summed E-state index contributed by atoms with van der Waals surface area (Å²) in [6, 6.07) is 76.4. The van der Waals surface area contributed by atoms with Gasteiger partial charge in [-0.05, 0) is 143 Å². The first-order valence-electron chi connectivity index (χ1n) is 22.6. The number of thiophene rings is 4. The van der Waals surface area contributed by atoms with Crippen LogP contribution in [0, 0.1) is 45.3 Å². The fourth-order valence-corrected chi connectivity index (χ4v) is 15.0. The van der Waals surface area contributed by atoms with Crippen molar-refractivity contribution in [1.29, 1.82) is 21.0 Å². The van der Waals surface area contributed by atoms with Crippen LogP contribution in [0.1, 0.15) is 32.0 Å². The Morgan fingerprint density at radius 1 is 0.352 bits per heavy atom. The zero-order valence-corrected chi connectivity index (χ0v) is 40.7. The minimum atomic E-state index is -0.752. The molecule has 0 bridgehead atoms. The fourth-order valence-electron chi connectivity index (χ4n) is 9.90. The van der Waals surface area contributed by atoms with Gasteiger partial charge in [0.15, 0.2) is 0 Å². The Morgan fingerprint density at radius 2 is 0.634 bits per heavy atom. The zero-order chi connectivity index (χ0) is 48.1. The summed E-state index contributed by atoms with van der Waals surface area (Å²) >= 11 is 6.72. The van der Waals surface area contributed by atoms with Crippen LogP contribution in [0.25, 0.3) is 52.5 Å². The predicted octanol–water partition coefficient (Wildman–Crippen LogP) is 17.4. The van der Waals surface area contributed by atoms with Crippen molar-refractivity contribution in [1.82, 2.24) is 0 Å². The molecule has 0 saturated heterocycles. The summed E-state index contributed by atoms with van der Waals surface area (Å²) in [7, 11) is 0. The normalized spacial score (nSPS) is 12.0. The van der Waals surface area contributed by atoms with Crippen LogP contribution in [0.5, 0.6) is 0 Å². The van der Waals surface area contributed by atoms with Crippen LogP contribution in [0.4, 0.5) is 34.1 Å². The van der Waals surface area contributed by atoms with Gasteiger partial charge in [-0.15, -0.1) is 45.3 Å². The third kappa shape index (κ3) is 7.31. The third-order valence-electron chi connectivity index (χ3n) is 12.9. The van der Waals surface area contributed by atoms with E-state index in [4.69, 9.17) is 0 Å². The Kier molecular flexibility index (Phi) is 11.0. The molecule has 0 fully saturated rings. The number of benzene rings is 6. The molecule has 12 rings (SSSR count). The molecule has 2 aliphatic rings. The molecule has 4 heterocycles. The molecular weight excluding hydrogens is 945 g/mol. The van der Waals surface area contributed by atoms with Crippen molar-refractivity contribution < 1.29 is 0 Å². The lowest BCUT2D eigenvalue weighted by atomic mass is 9.72. The summed E-state index contributed by atoms with van der Waals surface area (Å²) in [5.41, 5.74) is 12.4. The number of hydrogen-bond donors (Lipinski definition) is 0. The summed E-state index contributed by atoms with van der Waals surface area (Å²) in [6.45, 7) is 0. The van der Waals surface area contributed by atoms with Gasteiger partial charge in [0.05, 0.1) is 24.9 Å². The molecule has 0 amide bonds. The molecule has 0 N–H and O–H groups in total. The van der Waals surface area contributed by atoms with Crippen molar-refractivity contribution in [2.45, 2.75) is 5.41 Å². The van der Waals surface area contributed by atoms with Crippen LogP contribution < -0.4 is 9.80 Å². The fraction of sp³-hybridized carbons (Fsp3) is 0.0164. The first kappa shape index (κ1) is 43.4. The molecular formula is C61H34N6S4. The first-order valence-corrected chi connectivity index (χ1v) is 25.9. The van der Waals surface area contributed by atoms with E-state index in [0.717, 1.165) is 95.4 Å². The van der Waals surface area contributed by atoms with Gasteiger partial charge in [-0.2, -0.15) is 21.0 Å². The molecule has 2 aliphatic carbocycles. The second-order valence-corrected chi connectivity index (χ2v) is 21.2. The highest BCUT2D eigenvalue weighted by Gasteiger charge is 2.55. The molecule has 0 atom stereocenters. The maximum atomic E-state index is 9.87. The van der Waals surface area contributed by atoms with Gasteiger partial charge in [0, 0.05) is 53.6 Å². The maximum absolute atomic E-state index is 9.87. The summed E-state index contributed by atoms with van der Waals surface area (Å²) in [5, 5.41) is 39.5. The Bertz CT molecular complexity index is 3540. The molecule has 0 aliphatic heterocycles. The number of hydrogen-bond acceptors (Lipinski definition) is 10. The minimum Gasteiger partial charge on any atom is -0.311 e. The number of nitriles is 4. The number of anilines is 6. The highest BCUT2D eigenvalue weighted by molar-refractivity contribution is 7.26. The average Bonchev–Trinajstić information content (AvgIpc) is 4.29. The van der Waals surface area contributed by atoms with Gasteiger partial charge >= 0.3 is 0 Å². The maximum Gasteiger partial charge on any atom is 0.131 e. The van der Waals surface area contributed by atoms with Crippen molar-refractivity contribution in [3.8, 4) is 64.7 Å². The summed E-state index contributed by atoms with van der Waals surface area (Å²) in [5.74, 6) is 0. The van der Waals surface area contributed by atoms with E-state index in [2.05, 4.69) is 204 Å². The van der Waals surface area contributed by atoms with E-state index in [1.54, 1.807) is 57.5 Å². The van der Waals surface area contributed by atoms with Crippen molar-refractivity contribution in [3.63, 3.8) is 0 Å². The first-order chi connectivity index (χ1) is 35.0. The van der Waals surface area contributed by atoms with Gasteiger partial charge in [0.2, 0.25) is 0 Å². The standard InChI is InChI=1S/C61H34N6S4/c62-35-39(36-63)29-49-31-51-57(68-49)59-53(33-55(70-59)41-21-25-47(26-22-41)66(43-13-5-1-6-14-43)44-15-7-2-8-16-44)61(51)52-32-50(30-40(37-64)38-65)69-58(52)60-54(61)34-56(71-60)42-23-27-48(28-24-42)67(45-17-9-3-10-18-45)46-19-11-4-12-20-46/h1-34H. The number of rotatable bonds is 10. The molecule has 1 spiro atoms. The van der Waals surface area contributed by atoms with E-state index in [1.165, 1.54) is 11.1 Å². The van der Waals surface area contributed by atoms with E-state index in [9.17, 15) is 21.0 Å². The van der Waals surface area contributed by atoms with Crippen LogP contribution in [0.3, 0.4) is 0 Å². The van der Waals surface area contributed by atoms with Gasteiger partial charge < -0.3 is 9.80 Å². The van der Waals surface area contributed by atoms with Crippen LogP contribution in [-0.4, -0.2) is 0 Å². The lowest BCUT2D eigenvalue weighted by Gasteiger charge is -2.27. The van der Waals surface area contributed by atoms with Crippen molar-refractivity contribution in [2.75, 3.05) is 9.80 Å². The molecule has 332 valence electrons. The van der Waals surface area contributed by atoms with Crippen molar-refractivity contribution in [3.05, 3.63) is 237 Å². The summed E-state index contributed by atoms with van der Waals surface area (Å²) in [6.07, 6.45) is 3.38. The van der Waals surface area contributed by atoms with E-state index in [-0.39, 0.29) is 11.1 Å². The SMILES string of the molecule is N#CC(C#N)=Cc1cc2c(s1)-c1sc(-c3ccc(N(c4ccccc4)c4ccccc4)cc3)cc1C21c2cc(C=C(C#N)C#N)sc2-c2sc(-c3ccc(N(c4ccccc4)c4ccccc4)cc3)cc21. The monoisotopic (exact) mass is 978 g/mol. The number of nitrogens with zero attached hydrogens (tertiary/aromatic N) is 6. The predicted molar refractivity (Wildman–Crippen MR) is 293 cm³/mol. The minimum absolute atomic E-state index is 0.0434. The van der Waals surface area contributed by atoms with E-state index < -0.39 is 5.41 Å². The van der Waals surface area contributed by atoms with Crippen LogP contribution in [0.2, 0.25) is 0 Å². The second kappa shape index (κ2) is 17.9. The molecule has 10 aromatic rings. The summed E-state index contributed by atoms with van der Waals surface area (Å²) < 4.78 is 0. The highest BCUT2D eigenvalue weighted by Crippen LogP contribution is 2.69. The highest BCUT2D eigenvalue weighted by atomic mass is 32.1. The topological polar surface area (TPSA) is 102 Å². The van der Waals surface area contributed by atoms with Crippen molar-refractivity contribution in [2.24, 2.45) is 0 Å². The number of para-hydroxylation sites is 4. The van der Waals surface area contributed by atoms with Gasteiger partial charge in [-0.3, -0.25) is 0 Å².